The summed E-state index contributed by atoms with van der Waals surface area (Å²) >= 11 is 6.56. The van der Waals surface area contributed by atoms with Gasteiger partial charge in [-0.2, -0.15) is 0 Å². The number of aromatic nitrogens is 4. The molecule has 0 N–H and O–H groups in total. The van der Waals surface area contributed by atoms with Gasteiger partial charge in [0.1, 0.15) is 14.9 Å². The third-order valence-corrected chi connectivity index (χ3v) is 2.27. The number of nitrogens with zero attached hydrogens (tertiary/aromatic N) is 4. The van der Waals surface area contributed by atoms with Gasteiger partial charge in [0.15, 0.2) is 5.82 Å². The molecule has 2 heterocycles. The van der Waals surface area contributed by atoms with Gasteiger partial charge in [0, 0.05) is 18.5 Å². The molecule has 0 spiro atoms. The molecule has 2 aromatic heterocycles. The van der Waals surface area contributed by atoms with E-state index in [0.717, 1.165) is 0 Å². The van der Waals surface area contributed by atoms with Gasteiger partial charge in [-0.3, -0.25) is 4.98 Å². The van der Waals surface area contributed by atoms with E-state index in [9.17, 15) is 0 Å². The Kier molecular flexibility index (Phi) is 2.83. The second-order valence-electron chi connectivity index (χ2n) is 2.43. The highest BCUT2D eigenvalue weighted by molar-refractivity contribution is 9.11. The topological polar surface area (TPSA) is 51.6 Å². The predicted octanol–water partition coefficient (Wildman–Crippen LogP) is 2.46. The lowest BCUT2D eigenvalue weighted by Crippen LogP contribution is -1.93. The maximum atomic E-state index is 4.18. The van der Waals surface area contributed by atoms with Gasteiger partial charge in [-0.05, 0) is 31.9 Å². The molecule has 0 bridgehead atoms. The van der Waals surface area contributed by atoms with Crippen molar-refractivity contribution >= 4 is 31.9 Å². The molecule has 6 heteroatoms. The molecule has 0 fully saturated rings. The largest absolute Gasteiger partial charge is 0.261 e. The number of hydrogen-bond acceptors (Lipinski definition) is 4. The fourth-order valence-electron chi connectivity index (χ4n) is 0.919. The van der Waals surface area contributed by atoms with Crippen molar-refractivity contribution in [3.8, 4) is 11.5 Å². The van der Waals surface area contributed by atoms with Crippen LogP contribution in [-0.2, 0) is 0 Å². The first-order valence-electron chi connectivity index (χ1n) is 3.72. The summed E-state index contributed by atoms with van der Waals surface area (Å²) in [5.41, 5.74) is 0.648. The van der Waals surface area contributed by atoms with Crippen molar-refractivity contribution in [3.05, 3.63) is 33.9 Å². The first-order chi connectivity index (χ1) is 6.75. The van der Waals surface area contributed by atoms with Crippen molar-refractivity contribution in [1.29, 1.82) is 0 Å². The fourth-order valence-corrected chi connectivity index (χ4v) is 2.00. The Balaban J connectivity index is 2.52. The molecule has 0 aliphatic heterocycles. The summed E-state index contributed by atoms with van der Waals surface area (Å²) in [6, 6.07) is 1.76. The van der Waals surface area contributed by atoms with Crippen LogP contribution in [0.2, 0.25) is 0 Å². The summed E-state index contributed by atoms with van der Waals surface area (Å²) in [6.45, 7) is 0. The lowest BCUT2D eigenvalue weighted by atomic mass is 10.4. The van der Waals surface area contributed by atoms with E-state index in [1.54, 1.807) is 24.7 Å². The van der Waals surface area contributed by atoms with Gasteiger partial charge >= 0.3 is 0 Å². The van der Waals surface area contributed by atoms with Crippen molar-refractivity contribution in [3.63, 3.8) is 0 Å². The SMILES string of the molecule is Brc1cc(Br)nc(-c2cnccn2)n1. The predicted molar refractivity (Wildman–Crippen MR) is 58.5 cm³/mol. The molecule has 0 atom stereocenters. The van der Waals surface area contributed by atoms with Crippen LogP contribution >= 0.6 is 31.9 Å². The van der Waals surface area contributed by atoms with E-state index in [4.69, 9.17) is 0 Å². The van der Waals surface area contributed by atoms with Crippen LogP contribution in [0.3, 0.4) is 0 Å². The fraction of sp³-hybridized carbons (Fsp3) is 0. The standard InChI is InChI=1S/C8H4Br2N4/c9-6-3-7(10)14-8(13-6)5-4-11-1-2-12-5/h1-4H. The Morgan fingerprint density at radius 3 is 2.29 bits per heavy atom. The van der Waals surface area contributed by atoms with E-state index in [-0.39, 0.29) is 0 Å². The van der Waals surface area contributed by atoms with Gasteiger partial charge < -0.3 is 0 Å². The third-order valence-electron chi connectivity index (χ3n) is 1.46. The Morgan fingerprint density at radius 2 is 1.71 bits per heavy atom. The molecule has 4 nitrogen and oxygen atoms in total. The first kappa shape index (κ1) is 9.67. The highest BCUT2D eigenvalue weighted by Crippen LogP contribution is 2.18. The number of hydrogen-bond donors (Lipinski definition) is 0. The van der Waals surface area contributed by atoms with E-state index < -0.39 is 0 Å². The van der Waals surface area contributed by atoms with Gasteiger partial charge in [0.05, 0.1) is 6.20 Å². The molecule has 0 saturated heterocycles. The molecule has 14 heavy (non-hydrogen) atoms. The van der Waals surface area contributed by atoms with Gasteiger partial charge in [0.25, 0.3) is 0 Å². The van der Waals surface area contributed by atoms with E-state index in [2.05, 4.69) is 51.8 Å². The Labute approximate surface area is 97.1 Å². The lowest BCUT2D eigenvalue weighted by molar-refractivity contribution is 1.08. The van der Waals surface area contributed by atoms with Crippen molar-refractivity contribution in [2.24, 2.45) is 0 Å². The summed E-state index contributed by atoms with van der Waals surface area (Å²) in [7, 11) is 0. The van der Waals surface area contributed by atoms with Crippen LogP contribution in [0.1, 0.15) is 0 Å². The van der Waals surface area contributed by atoms with E-state index >= 15 is 0 Å². The Morgan fingerprint density at radius 1 is 1.00 bits per heavy atom. The summed E-state index contributed by atoms with van der Waals surface area (Å²) in [6.07, 6.45) is 4.83. The molecule has 0 unspecified atom stereocenters. The maximum absolute atomic E-state index is 4.18. The monoisotopic (exact) mass is 314 g/mol. The van der Waals surface area contributed by atoms with Crippen LogP contribution in [-0.4, -0.2) is 19.9 Å². The second-order valence-corrected chi connectivity index (χ2v) is 4.05. The van der Waals surface area contributed by atoms with Crippen LogP contribution < -0.4 is 0 Å². The molecule has 70 valence electrons. The lowest BCUT2D eigenvalue weighted by Gasteiger charge is -1.99. The summed E-state index contributed by atoms with van der Waals surface area (Å²) in [5.74, 6) is 0.541. The van der Waals surface area contributed by atoms with E-state index in [0.29, 0.717) is 20.7 Å². The van der Waals surface area contributed by atoms with E-state index in [1.807, 2.05) is 0 Å². The highest BCUT2D eigenvalue weighted by atomic mass is 79.9. The molecular weight excluding hydrogens is 312 g/mol. The summed E-state index contributed by atoms with van der Waals surface area (Å²) in [5, 5.41) is 0. The van der Waals surface area contributed by atoms with Crippen molar-refractivity contribution in [1.82, 2.24) is 19.9 Å². The zero-order valence-corrected chi connectivity index (χ0v) is 10.0. The van der Waals surface area contributed by atoms with Crippen LogP contribution in [0.4, 0.5) is 0 Å². The molecule has 0 amide bonds. The third kappa shape index (κ3) is 2.13. The maximum Gasteiger partial charge on any atom is 0.181 e. The minimum atomic E-state index is 0.541. The Hall–Kier alpha value is -0.880. The van der Waals surface area contributed by atoms with Gasteiger partial charge in [-0.25, -0.2) is 15.0 Å². The molecule has 0 aliphatic carbocycles. The average molecular weight is 316 g/mol. The molecule has 0 aromatic carbocycles. The number of rotatable bonds is 1. The first-order valence-corrected chi connectivity index (χ1v) is 5.31. The molecule has 2 aromatic rings. The van der Waals surface area contributed by atoms with Crippen molar-refractivity contribution < 1.29 is 0 Å². The highest BCUT2D eigenvalue weighted by Gasteiger charge is 2.04. The zero-order valence-electron chi connectivity index (χ0n) is 6.85. The van der Waals surface area contributed by atoms with Crippen LogP contribution in [0, 0.1) is 0 Å². The van der Waals surface area contributed by atoms with Gasteiger partial charge in [-0.1, -0.05) is 0 Å². The molecule has 2 rings (SSSR count). The van der Waals surface area contributed by atoms with Crippen molar-refractivity contribution in [2.75, 3.05) is 0 Å². The second kappa shape index (κ2) is 4.10. The molecule has 0 aliphatic rings. The van der Waals surface area contributed by atoms with Crippen LogP contribution in [0.15, 0.2) is 33.9 Å². The quantitative estimate of drug-likeness (QED) is 0.759. The van der Waals surface area contributed by atoms with Gasteiger partial charge in [-0.15, -0.1) is 0 Å². The van der Waals surface area contributed by atoms with E-state index in [1.165, 1.54) is 0 Å². The molecule has 0 saturated carbocycles. The average Bonchev–Trinajstić information content (AvgIpc) is 2.18. The van der Waals surface area contributed by atoms with Gasteiger partial charge in [0.2, 0.25) is 0 Å². The Bertz CT molecular complexity index is 426. The van der Waals surface area contributed by atoms with Crippen LogP contribution in [0.5, 0.6) is 0 Å². The summed E-state index contributed by atoms with van der Waals surface area (Å²) < 4.78 is 1.42. The van der Waals surface area contributed by atoms with Crippen molar-refractivity contribution in [2.45, 2.75) is 0 Å². The normalized spacial score (nSPS) is 10.1. The molecule has 0 radical (unpaired) electrons. The number of halogens is 2. The smallest absolute Gasteiger partial charge is 0.181 e. The minimum absolute atomic E-state index is 0.541. The summed E-state index contributed by atoms with van der Waals surface area (Å²) in [4.78, 5) is 16.4. The minimum Gasteiger partial charge on any atom is -0.261 e. The molecular formula is C8H4Br2N4. The van der Waals surface area contributed by atoms with Crippen LogP contribution in [0.25, 0.3) is 11.5 Å². The zero-order chi connectivity index (χ0) is 9.97.